The van der Waals surface area contributed by atoms with Crippen LogP contribution in [0.2, 0.25) is 0 Å². The standard InChI is InChI=1S/C65H48N2/c1-3-43-23-30-51(31-24-43)66(49-16-7-5-8-17-49)53-34-27-46-41-59-57-36-28-47-39-54(67(50-18-9-6-10-19-50)52-32-25-44(4-2)26-33-52)35-37-56(47)64(57)65(62(59)42-48(46)40-53)60-22-14-13-21-58(60)63-55-20-12-11-15-45(55)29-38-61(63)65/h5-42H,3-4H2,1-2H3. The Labute approximate surface area is 392 Å². The van der Waals surface area contributed by atoms with Crippen molar-refractivity contribution in [1.29, 1.82) is 0 Å². The zero-order valence-electron chi connectivity index (χ0n) is 37.7. The van der Waals surface area contributed by atoms with Gasteiger partial charge >= 0.3 is 0 Å². The van der Waals surface area contributed by atoms with E-state index in [4.69, 9.17) is 0 Å². The average Bonchev–Trinajstić information content (AvgIpc) is 3.86. The molecule has 0 radical (unpaired) electrons. The molecule has 13 rings (SSSR count). The van der Waals surface area contributed by atoms with E-state index < -0.39 is 5.41 Å². The van der Waals surface area contributed by atoms with Crippen LogP contribution in [0.3, 0.4) is 0 Å². The lowest BCUT2D eigenvalue weighted by Crippen LogP contribution is -2.26. The molecule has 2 aliphatic carbocycles. The first-order valence-electron chi connectivity index (χ1n) is 23.8. The topological polar surface area (TPSA) is 6.48 Å². The highest BCUT2D eigenvalue weighted by Gasteiger charge is 2.53. The molecule has 0 saturated carbocycles. The number of rotatable bonds is 8. The van der Waals surface area contributed by atoms with E-state index in [2.05, 4.69) is 254 Å². The minimum atomic E-state index is -0.559. The first-order chi connectivity index (χ1) is 33.1. The van der Waals surface area contributed by atoms with Gasteiger partial charge in [-0.25, -0.2) is 0 Å². The molecule has 67 heavy (non-hydrogen) atoms. The van der Waals surface area contributed by atoms with Gasteiger partial charge in [0.25, 0.3) is 0 Å². The largest absolute Gasteiger partial charge is 0.310 e. The van der Waals surface area contributed by atoms with E-state index in [-0.39, 0.29) is 0 Å². The molecule has 318 valence electrons. The Morgan fingerprint density at radius 3 is 1.52 bits per heavy atom. The van der Waals surface area contributed by atoms with Gasteiger partial charge in [0.15, 0.2) is 0 Å². The molecule has 0 aliphatic heterocycles. The van der Waals surface area contributed by atoms with Crippen LogP contribution in [0.1, 0.15) is 47.2 Å². The summed E-state index contributed by atoms with van der Waals surface area (Å²) in [7, 11) is 0. The van der Waals surface area contributed by atoms with Gasteiger partial charge < -0.3 is 9.80 Å². The van der Waals surface area contributed by atoms with E-state index >= 15 is 0 Å². The Hall–Kier alpha value is -8.20. The molecule has 1 atom stereocenters. The van der Waals surface area contributed by atoms with Crippen molar-refractivity contribution in [2.24, 2.45) is 0 Å². The summed E-state index contributed by atoms with van der Waals surface area (Å²) in [5.74, 6) is 0. The van der Waals surface area contributed by atoms with Crippen molar-refractivity contribution in [1.82, 2.24) is 0 Å². The maximum absolute atomic E-state index is 2.54. The van der Waals surface area contributed by atoms with Crippen LogP contribution in [0.15, 0.2) is 231 Å². The fourth-order valence-corrected chi connectivity index (χ4v) is 11.6. The molecular weight excluding hydrogens is 809 g/mol. The van der Waals surface area contributed by atoms with E-state index in [9.17, 15) is 0 Å². The number of aryl methyl sites for hydroxylation is 2. The molecule has 1 spiro atoms. The summed E-state index contributed by atoms with van der Waals surface area (Å²) in [5.41, 5.74) is 19.6. The van der Waals surface area contributed by atoms with Crippen molar-refractivity contribution in [2.45, 2.75) is 32.1 Å². The van der Waals surface area contributed by atoms with Crippen molar-refractivity contribution < 1.29 is 0 Å². The molecule has 2 heteroatoms. The maximum atomic E-state index is 2.54. The van der Waals surface area contributed by atoms with Crippen LogP contribution in [-0.4, -0.2) is 0 Å². The van der Waals surface area contributed by atoms with Crippen molar-refractivity contribution >= 4 is 66.4 Å². The molecule has 11 aromatic carbocycles. The molecule has 11 aromatic rings. The number of hydrogen-bond acceptors (Lipinski definition) is 2. The Morgan fingerprint density at radius 1 is 0.313 bits per heavy atom. The quantitative estimate of drug-likeness (QED) is 0.150. The van der Waals surface area contributed by atoms with Crippen LogP contribution >= 0.6 is 0 Å². The van der Waals surface area contributed by atoms with Gasteiger partial charge in [0, 0.05) is 34.1 Å². The van der Waals surface area contributed by atoms with Crippen LogP contribution in [0.4, 0.5) is 34.1 Å². The molecule has 0 aromatic heterocycles. The smallest absolute Gasteiger partial charge is 0.0731 e. The van der Waals surface area contributed by atoms with Gasteiger partial charge in [0.05, 0.1) is 5.41 Å². The summed E-state index contributed by atoms with van der Waals surface area (Å²) in [5, 5.41) is 7.51. The zero-order valence-corrected chi connectivity index (χ0v) is 37.7. The van der Waals surface area contributed by atoms with E-state index in [0.29, 0.717) is 0 Å². The normalized spacial score (nSPS) is 14.3. The van der Waals surface area contributed by atoms with Crippen molar-refractivity contribution in [3.8, 4) is 22.3 Å². The molecule has 0 saturated heterocycles. The van der Waals surface area contributed by atoms with Crippen LogP contribution in [0.25, 0.3) is 54.6 Å². The molecule has 0 bridgehead atoms. The van der Waals surface area contributed by atoms with Gasteiger partial charge in [-0.2, -0.15) is 0 Å². The lowest BCUT2D eigenvalue weighted by molar-refractivity contribution is 0.803. The van der Waals surface area contributed by atoms with E-state index in [1.54, 1.807) is 0 Å². The third kappa shape index (κ3) is 5.96. The summed E-state index contributed by atoms with van der Waals surface area (Å²) in [6, 6.07) is 86.6. The molecule has 2 nitrogen and oxygen atoms in total. The molecule has 1 unspecified atom stereocenters. The van der Waals surface area contributed by atoms with Gasteiger partial charge in [-0.3, -0.25) is 0 Å². The molecule has 0 amide bonds. The molecule has 0 fully saturated rings. The molecule has 2 aliphatic rings. The van der Waals surface area contributed by atoms with Gasteiger partial charge in [-0.1, -0.05) is 159 Å². The average molecular weight is 857 g/mol. The number of fused-ring (bicyclic) bond motifs is 15. The Balaban J connectivity index is 1.07. The van der Waals surface area contributed by atoms with E-state index in [1.165, 1.54) is 88.0 Å². The number of para-hydroxylation sites is 2. The third-order valence-corrected chi connectivity index (χ3v) is 14.7. The minimum absolute atomic E-state index is 0.559. The Bertz CT molecular complexity index is 3700. The Kier molecular flexibility index (Phi) is 9.05. The molecule has 0 heterocycles. The minimum Gasteiger partial charge on any atom is -0.310 e. The van der Waals surface area contributed by atoms with Crippen molar-refractivity contribution in [2.75, 3.05) is 9.80 Å². The number of benzene rings is 11. The summed E-state index contributed by atoms with van der Waals surface area (Å²) in [6.45, 7) is 4.43. The van der Waals surface area contributed by atoms with Gasteiger partial charge in [0.1, 0.15) is 0 Å². The highest BCUT2D eigenvalue weighted by Crippen LogP contribution is 2.65. The summed E-state index contributed by atoms with van der Waals surface area (Å²) in [6.07, 6.45) is 2.02. The van der Waals surface area contributed by atoms with Gasteiger partial charge in [-0.15, -0.1) is 0 Å². The number of hydrogen-bond donors (Lipinski definition) is 0. The van der Waals surface area contributed by atoms with Crippen LogP contribution < -0.4 is 9.80 Å². The Morgan fingerprint density at radius 2 is 0.851 bits per heavy atom. The lowest BCUT2D eigenvalue weighted by Gasteiger charge is -2.32. The summed E-state index contributed by atoms with van der Waals surface area (Å²) < 4.78 is 0. The molecular formula is C65H48N2. The monoisotopic (exact) mass is 856 g/mol. The lowest BCUT2D eigenvalue weighted by atomic mass is 9.69. The molecule has 0 N–H and O–H groups in total. The third-order valence-electron chi connectivity index (χ3n) is 14.7. The second-order valence-electron chi connectivity index (χ2n) is 18.2. The maximum Gasteiger partial charge on any atom is 0.0731 e. The second-order valence-corrected chi connectivity index (χ2v) is 18.2. The van der Waals surface area contributed by atoms with E-state index in [1.807, 2.05) is 0 Å². The predicted octanol–water partition coefficient (Wildman–Crippen LogP) is 17.6. The fraction of sp³-hybridized carbons (Fsp3) is 0.0769. The van der Waals surface area contributed by atoms with Crippen molar-refractivity contribution in [3.05, 3.63) is 264 Å². The summed E-state index contributed by atoms with van der Waals surface area (Å²) >= 11 is 0. The van der Waals surface area contributed by atoms with Crippen molar-refractivity contribution in [3.63, 3.8) is 0 Å². The first-order valence-corrected chi connectivity index (χ1v) is 23.8. The first kappa shape index (κ1) is 39.2. The fourth-order valence-electron chi connectivity index (χ4n) is 11.6. The van der Waals surface area contributed by atoms with Gasteiger partial charge in [0.2, 0.25) is 0 Å². The van der Waals surface area contributed by atoms with Crippen LogP contribution in [0.5, 0.6) is 0 Å². The van der Waals surface area contributed by atoms with E-state index in [0.717, 1.165) is 47.0 Å². The SMILES string of the molecule is CCc1ccc(N(c2ccccc2)c2ccc3cc4c(cc3c2)C2(c3ccccc3-c3c2ccc2ccccc32)c2c-4ccc3cc(N(c4ccccc4)c4ccc(CC)cc4)ccc23)cc1. The highest BCUT2D eigenvalue weighted by atomic mass is 15.1. The van der Waals surface area contributed by atoms with Gasteiger partial charge in [-0.05, 0) is 186 Å². The van der Waals surface area contributed by atoms with Crippen LogP contribution in [0, 0.1) is 0 Å². The number of nitrogens with zero attached hydrogens (tertiary/aromatic N) is 2. The predicted molar refractivity (Wildman–Crippen MR) is 283 cm³/mol. The number of anilines is 6. The van der Waals surface area contributed by atoms with Crippen LogP contribution in [-0.2, 0) is 18.3 Å². The highest BCUT2D eigenvalue weighted by molar-refractivity contribution is 6.11. The zero-order chi connectivity index (χ0) is 44.6. The summed E-state index contributed by atoms with van der Waals surface area (Å²) in [4.78, 5) is 4.79. The second kappa shape index (κ2) is 15.5.